The van der Waals surface area contributed by atoms with E-state index in [1.807, 2.05) is 0 Å². The standard InChI is InChI=1S/C19H18F4N4O2/c1-11-9-25-17(29-14-3-4-15(24-10-14)19(21,22)23)16(26-11)13-5-7-27(8-6-13)18(28)12(2)20/h3-4,9-10,13H,2,5-8H2,1H3. The van der Waals surface area contributed by atoms with Crippen molar-refractivity contribution in [2.75, 3.05) is 13.1 Å². The maximum Gasteiger partial charge on any atom is 0.433 e. The lowest BCUT2D eigenvalue weighted by atomic mass is 9.93. The van der Waals surface area contributed by atoms with Gasteiger partial charge in [0.2, 0.25) is 5.88 Å². The van der Waals surface area contributed by atoms with Gasteiger partial charge in [0.25, 0.3) is 5.91 Å². The molecule has 29 heavy (non-hydrogen) atoms. The van der Waals surface area contributed by atoms with Gasteiger partial charge in [-0.1, -0.05) is 6.58 Å². The van der Waals surface area contributed by atoms with E-state index in [0.29, 0.717) is 37.3 Å². The Kier molecular flexibility index (Phi) is 5.81. The molecule has 0 radical (unpaired) electrons. The van der Waals surface area contributed by atoms with Crippen molar-refractivity contribution in [1.29, 1.82) is 0 Å². The minimum Gasteiger partial charge on any atom is -0.436 e. The van der Waals surface area contributed by atoms with E-state index in [1.54, 1.807) is 6.92 Å². The van der Waals surface area contributed by atoms with Crippen LogP contribution in [-0.2, 0) is 11.0 Å². The van der Waals surface area contributed by atoms with E-state index in [2.05, 4.69) is 21.5 Å². The zero-order valence-electron chi connectivity index (χ0n) is 15.5. The number of likely N-dealkylation sites (tertiary alicyclic amines) is 1. The van der Waals surface area contributed by atoms with Gasteiger partial charge in [0.15, 0.2) is 5.83 Å². The highest BCUT2D eigenvalue weighted by atomic mass is 19.4. The first-order chi connectivity index (χ1) is 13.6. The highest BCUT2D eigenvalue weighted by Gasteiger charge is 2.32. The Hall–Kier alpha value is -3.04. The molecule has 3 heterocycles. The lowest BCUT2D eigenvalue weighted by molar-refractivity contribution is -0.141. The van der Waals surface area contributed by atoms with Crippen LogP contribution in [-0.4, -0.2) is 38.8 Å². The van der Waals surface area contributed by atoms with Crippen LogP contribution in [0.4, 0.5) is 17.6 Å². The Bertz CT molecular complexity index is 907. The van der Waals surface area contributed by atoms with E-state index >= 15 is 0 Å². The number of pyridine rings is 1. The van der Waals surface area contributed by atoms with Crippen LogP contribution in [0.5, 0.6) is 11.6 Å². The summed E-state index contributed by atoms with van der Waals surface area (Å²) < 4.78 is 56.7. The third-order valence-corrected chi connectivity index (χ3v) is 4.53. The molecule has 2 aromatic heterocycles. The van der Waals surface area contributed by atoms with Gasteiger partial charge in [-0.15, -0.1) is 0 Å². The summed E-state index contributed by atoms with van der Waals surface area (Å²) in [4.78, 5) is 25.1. The number of aromatic nitrogens is 3. The van der Waals surface area contributed by atoms with Crippen molar-refractivity contribution in [3.8, 4) is 11.6 Å². The lowest BCUT2D eigenvalue weighted by Gasteiger charge is -2.31. The van der Waals surface area contributed by atoms with E-state index in [0.717, 1.165) is 18.3 Å². The van der Waals surface area contributed by atoms with Crippen LogP contribution in [0.15, 0.2) is 36.9 Å². The lowest BCUT2D eigenvalue weighted by Crippen LogP contribution is -2.38. The Balaban J connectivity index is 1.77. The minimum absolute atomic E-state index is 0.0961. The first-order valence-electron chi connectivity index (χ1n) is 8.83. The maximum absolute atomic E-state index is 13.1. The second-order valence-corrected chi connectivity index (χ2v) is 6.65. The molecule has 0 N–H and O–H groups in total. The van der Waals surface area contributed by atoms with Crippen LogP contribution in [0, 0.1) is 6.92 Å². The van der Waals surface area contributed by atoms with Gasteiger partial charge >= 0.3 is 6.18 Å². The molecule has 154 valence electrons. The number of rotatable bonds is 4. The number of aryl methyl sites for hydroxylation is 1. The van der Waals surface area contributed by atoms with Crippen molar-refractivity contribution >= 4 is 5.91 Å². The number of ether oxygens (including phenoxy) is 1. The number of alkyl halides is 3. The van der Waals surface area contributed by atoms with Crippen LogP contribution < -0.4 is 4.74 Å². The molecule has 0 aromatic carbocycles. The Labute approximate surface area is 164 Å². The average molecular weight is 410 g/mol. The SMILES string of the molecule is C=C(F)C(=O)N1CCC(c2nc(C)cnc2Oc2ccc(C(F)(F)F)nc2)CC1. The van der Waals surface area contributed by atoms with Gasteiger partial charge in [-0.05, 0) is 31.9 Å². The minimum atomic E-state index is -4.54. The van der Waals surface area contributed by atoms with Gasteiger partial charge in [-0.2, -0.15) is 13.2 Å². The zero-order valence-corrected chi connectivity index (χ0v) is 15.5. The van der Waals surface area contributed by atoms with E-state index in [4.69, 9.17) is 4.74 Å². The average Bonchev–Trinajstić information content (AvgIpc) is 2.68. The van der Waals surface area contributed by atoms with Crippen molar-refractivity contribution in [2.24, 2.45) is 0 Å². The fourth-order valence-corrected chi connectivity index (χ4v) is 3.08. The normalized spacial score (nSPS) is 15.3. The maximum atomic E-state index is 13.1. The molecule has 0 unspecified atom stereocenters. The number of amides is 1. The molecule has 2 aromatic rings. The highest BCUT2D eigenvalue weighted by Crippen LogP contribution is 2.35. The van der Waals surface area contributed by atoms with Crippen molar-refractivity contribution in [3.05, 3.63) is 54.0 Å². The quantitative estimate of drug-likeness (QED) is 0.559. The molecule has 10 heteroatoms. The van der Waals surface area contributed by atoms with Crippen molar-refractivity contribution < 1.29 is 27.1 Å². The predicted molar refractivity (Wildman–Crippen MR) is 94.9 cm³/mol. The van der Waals surface area contributed by atoms with Crippen molar-refractivity contribution in [2.45, 2.75) is 31.9 Å². The van der Waals surface area contributed by atoms with Crippen LogP contribution in [0.1, 0.15) is 35.8 Å². The Morgan fingerprint density at radius 2 is 1.90 bits per heavy atom. The van der Waals surface area contributed by atoms with E-state index < -0.39 is 23.6 Å². The third-order valence-electron chi connectivity index (χ3n) is 4.53. The number of halogens is 4. The molecule has 0 spiro atoms. The van der Waals surface area contributed by atoms with Crippen molar-refractivity contribution in [3.63, 3.8) is 0 Å². The molecule has 0 saturated carbocycles. The van der Waals surface area contributed by atoms with Gasteiger partial charge in [0.05, 0.1) is 18.1 Å². The Morgan fingerprint density at radius 3 is 2.45 bits per heavy atom. The molecule has 1 saturated heterocycles. The molecule has 0 bridgehead atoms. The highest BCUT2D eigenvalue weighted by molar-refractivity contribution is 5.90. The van der Waals surface area contributed by atoms with Gasteiger partial charge in [0, 0.05) is 19.0 Å². The fourth-order valence-electron chi connectivity index (χ4n) is 3.08. The van der Waals surface area contributed by atoms with Gasteiger partial charge in [0.1, 0.15) is 17.1 Å². The van der Waals surface area contributed by atoms with Gasteiger partial charge in [-0.25, -0.2) is 14.4 Å². The summed E-state index contributed by atoms with van der Waals surface area (Å²) in [5.41, 5.74) is 0.163. The topological polar surface area (TPSA) is 68.2 Å². The van der Waals surface area contributed by atoms with E-state index in [1.165, 1.54) is 11.1 Å². The number of nitrogens with zero attached hydrogens (tertiary/aromatic N) is 4. The molecular formula is C19H18F4N4O2. The van der Waals surface area contributed by atoms with Crippen molar-refractivity contribution in [1.82, 2.24) is 19.9 Å². The van der Waals surface area contributed by atoms with Crippen LogP contribution in [0.3, 0.4) is 0 Å². The molecule has 3 rings (SSSR count). The predicted octanol–water partition coefficient (Wildman–Crippen LogP) is 4.18. The van der Waals surface area contributed by atoms with E-state index in [9.17, 15) is 22.4 Å². The number of hydrogen-bond donors (Lipinski definition) is 0. The summed E-state index contributed by atoms with van der Waals surface area (Å²) in [5, 5.41) is 0. The molecule has 1 fully saturated rings. The number of carbonyl (C=O) groups excluding carboxylic acids is 1. The van der Waals surface area contributed by atoms with Gasteiger partial charge in [-0.3, -0.25) is 9.78 Å². The first kappa shape index (κ1) is 20.7. The summed E-state index contributed by atoms with van der Waals surface area (Å²) >= 11 is 0. The fraction of sp³-hybridized carbons (Fsp3) is 0.368. The van der Waals surface area contributed by atoms with Crippen LogP contribution >= 0.6 is 0 Å². The van der Waals surface area contributed by atoms with Gasteiger partial charge < -0.3 is 9.64 Å². The zero-order chi connectivity index (χ0) is 21.2. The molecule has 0 aliphatic carbocycles. The van der Waals surface area contributed by atoms with Crippen LogP contribution in [0.2, 0.25) is 0 Å². The third kappa shape index (κ3) is 4.87. The number of hydrogen-bond acceptors (Lipinski definition) is 5. The molecule has 1 aliphatic heterocycles. The monoisotopic (exact) mass is 410 g/mol. The summed E-state index contributed by atoms with van der Waals surface area (Å²) in [5.74, 6) is -1.57. The van der Waals surface area contributed by atoms with E-state index in [-0.39, 0.29) is 17.5 Å². The smallest absolute Gasteiger partial charge is 0.433 e. The molecule has 6 nitrogen and oxygen atoms in total. The second-order valence-electron chi connectivity index (χ2n) is 6.65. The first-order valence-corrected chi connectivity index (χ1v) is 8.83. The summed E-state index contributed by atoms with van der Waals surface area (Å²) in [6, 6.07) is 1.99. The Morgan fingerprint density at radius 1 is 1.21 bits per heavy atom. The summed E-state index contributed by atoms with van der Waals surface area (Å²) in [7, 11) is 0. The van der Waals surface area contributed by atoms with Crippen LogP contribution in [0.25, 0.3) is 0 Å². The molecule has 1 amide bonds. The number of carbonyl (C=O) groups is 1. The molecular weight excluding hydrogens is 392 g/mol. The number of piperidine rings is 1. The summed E-state index contributed by atoms with van der Waals surface area (Å²) in [6.45, 7) is 5.43. The summed E-state index contributed by atoms with van der Waals surface area (Å²) in [6.07, 6.45) is -1.05. The largest absolute Gasteiger partial charge is 0.436 e. The second kappa shape index (κ2) is 8.14. The molecule has 0 atom stereocenters. The molecule has 1 aliphatic rings.